The smallest absolute Gasteiger partial charge is 0.356 e. The molecule has 2 aromatic heterocycles. The lowest BCUT2D eigenvalue weighted by atomic mass is 10.2. The highest BCUT2D eigenvalue weighted by molar-refractivity contribution is 5.97. The molecule has 0 bridgehead atoms. The van der Waals surface area contributed by atoms with Gasteiger partial charge < -0.3 is 10.2 Å². The number of rotatable bonds is 3. The number of halogens is 1. The first-order valence-electron chi connectivity index (χ1n) is 6.23. The fourth-order valence-corrected chi connectivity index (χ4v) is 2.28. The topological polar surface area (TPSA) is 91.9 Å². The van der Waals surface area contributed by atoms with E-state index in [1.54, 1.807) is 6.07 Å². The SMILES string of the molecule is O=C(O)c1nc(-c2ccccc2F)n2c(C(=O)O)cccc12. The van der Waals surface area contributed by atoms with Gasteiger partial charge in [-0.3, -0.25) is 4.40 Å². The Morgan fingerprint density at radius 3 is 2.36 bits per heavy atom. The van der Waals surface area contributed by atoms with E-state index in [-0.39, 0.29) is 28.3 Å². The minimum Gasteiger partial charge on any atom is -0.477 e. The molecule has 22 heavy (non-hydrogen) atoms. The van der Waals surface area contributed by atoms with Crippen LogP contribution in [-0.4, -0.2) is 31.5 Å². The van der Waals surface area contributed by atoms with Crippen LogP contribution in [0.1, 0.15) is 21.0 Å². The highest BCUT2D eigenvalue weighted by atomic mass is 19.1. The van der Waals surface area contributed by atoms with Gasteiger partial charge in [0, 0.05) is 0 Å². The summed E-state index contributed by atoms with van der Waals surface area (Å²) in [6, 6.07) is 9.78. The molecule has 2 heterocycles. The molecule has 7 heteroatoms. The Morgan fingerprint density at radius 1 is 1.00 bits per heavy atom. The lowest BCUT2D eigenvalue weighted by molar-refractivity contribution is 0.0678. The van der Waals surface area contributed by atoms with Crippen LogP contribution in [0.4, 0.5) is 4.39 Å². The van der Waals surface area contributed by atoms with Gasteiger partial charge in [-0.2, -0.15) is 0 Å². The van der Waals surface area contributed by atoms with E-state index < -0.39 is 17.8 Å². The molecule has 0 aliphatic carbocycles. The van der Waals surface area contributed by atoms with Crippen LogP contribution in [0.5, 0.6) is 0 Å². The normalized spacial score (nSPS) is 10.8. The van der Waals surface area contributed by atoms with Crippen molar-refractivity contribution >= 4 is 17.5 Å². The molecule has 0 saturated carbocycles. The van der Waals surface area contributed by atoms with Gasteiger partial charge in [0.15, 0.2) is 5.69 Å². The van der Waals surface area contributed by atoms with Crippen molar-refractivity contribution in [2.24, 2.45) is 0 Å². The minimum absolute atomic E-state index is 0.0266. The fourth-order valence-electron chi connectivity index (χ4n) is 2.28. The summed E-state index contributed by atoms with van der Waals surface area (Å²) in [5.74, 6) is -3.27. The van der Waals surface area contributed by atoms with Gasteiger partial charge >= 0.3 is 11.9 Å². The second-order valence-corrected chi connectivity index (χ2v) is 4.51. The molecule has 0 atom stereocenters. The quantitative estimate of drug-likeness (QED) is 0.775. The first-order chi connectivity index (χ1) is 10.5. The van der Waals surface area contributed by atoms with Crippen LogP contribution in [0.25, 0.3) is 16.9 Å². The van der Waals surface area contributed by atoms with Crippen molar-refractivity contribution in [2.75, 3.05) is 0 Å². The van der Waals surface area contributed by atoms with E-state index in [1.165, 1.54) is 36.4 Å². The number of imidazole rings is 1. The van der Waals surface area contributed by atoms with E-state index in [9.17, 15) is 24.2 Å². The molecule has 3 rings (SSSR count). The molecule has 110 valence electrons. The summed E-state index contributed by atoms with van der Waals surface area (Å²) in [4.78, 5) is 26.6. The number of aromatic carboxylic acids is 2. The summed E-state index contributed by atoms with van der Waals surface area (Å²) in [6.07, 6.45) is 0. The highest BCUT2D eigenvalue weighted by Gasteiger charge is 2.23. The Bertz CT molecular complexity index is 917. The van der Waals surface area contributed by atoms with Gasteiger partial charge in [-0.25, -0.2) is 19.0 Å². The number of nitrogens with zero attached hydrogens (tertiary/aromatic N) is 2. The first-order valence-corrected chi connectivity index (χ1v) is 6.23. The van der Waals surface area contributed by atoms with E-state index in [0.29, 0.717) is 0 Å². The third-order valence-electron chi connectivity index (χ3n) is 3.20. The molecular formula is C15H9FN2O4. The van der Waals surface area contributed by atoms with E-state index in [1.807, 2.05) is 0 Å². The largest absolute Gasteiger partial charge is 0.477 e. The molecule has 2 N–H and O–H groups in total. The average Bonchev–Trinajstić information content (AvgIpc) is 2.87. The fraction of sp³-hybridized carbons (Fsp3) is 0. The molecule has 0 amide bonds. The molecule has 0 unspecified atom stereocenters. The molecule has 0 aliphatic heterocycles. The number of hydrogen-bond acceptors (Lipinski definition) is 3. The maximum atomic E-state index is 14.0. The summed E-state index contributed by atoms with van der Waals surface area (Å²) < 4.78 is 15.1. The number of aromatic nitrogens is 2. The van der Waals surface area contributed by atoms with E-state index in [4.69, 9.17) is 0 Å². The van der Waals surface area contributed by atoms with E-state index in [0.717, 1.165) is 4.40 Å². The Balaban J connectivity index is 2.47. The van der Waals surface area contributed by atoms with Crippen LogP contribution in [0.2, 0.25) is 0 Å². The Hall–Kier alpha value is -3.22. The van der Waals surface area contributed by atoms with Crippen LogP contribution in [0.3, 0.4) is 0 Å². The summed E-state index contributed by atoms with van der Waals surface area (Å²) in [5.41, 5.74) is -0.415. The summed E-state index contributed by atoms with van der Waals surface area (Å²) in [5, 5.41) is 18.5. The maximum absolute atomic E-state index is 14.0. The molecule has 0 fully saturated rings. The van der Waals surface area contributed by atoms with Crippen LogP contribution >= 0.6 is 0 Å². The minimum atomic E-state index is -1.32. The van der Waals surface area contributed by atoms with Gasteiger partial charge in [0.1, 0.15) is 17.3 Å². The molecule has 3 aromatic rings. The number of pyridine rings is 1. The van der Waals surface area contributed by atoms with Crippen molar-refractivity contribution in [3.63, 3.8) is 0 Å². The van der Waals surface area contributed by atoms with Crippen molar-refractivity contribution in [3.8, 4) is 11.4 Å². The summed E-state index contributed by atoms with van der Waals surface area (Å²) in [7, 11) is 0. The molecule has 0 spiro atoms. The molecule has 0 saturated heterocycles. The molecule has 0 radical (unpaired) electrons. The van der Waals surface area contributed by atoms with Gasteiger partial charge in [-0.1, -0.05) is 18.2 Å². The molecule has 6 nitrogen and oxygen atoms in total. The number of carboxylic acids is 2. The number of hydrogen-bond donors (Lipinski definition) is 2. The third kappa shape index (κ3) is 1.99. The predicted molar refractivity (Wildman–Crippen MR) is 74.5 cm³/mol. The number of benzene rings is 1. The van der Waals surface area contributed by atoms with Crippen molar-refractivity contribution in [1.29, 1.82) is 0 Å². The second kappa shape index (κ2) is 4.96. The molecular weight excluding hydrogens is 291 g/mol. The first kappa shape index (κ1) is 13.7. The maximum Gasteiger partial charge on any atom is 0.356 e. The highest BCUT2D eigenvalue weighted by Crippen LogP contribution is 2.26. The van der Waals surface area contributed by atoms with Crippen LogP contribution in [0, 0.1) is 5.82 Å². The zero-order chi connectivity index (χ0) is 15.9. The van der Waals surface area contributed by atoms with Gasteiger partial charge in [-0.05, 0) is 24.3 Å². The zero-order valence-electron chi connectivity index (χ0n) is 11.0. The standard InChI is InChI=1S/C15H9FN2O4/c16-9-5-2-1-4-8(9)13-17-12(15(21)22)10-6-3-7-11(14(19)20)18(10)13/h1-7H,(H,19,20)(H,21,22). The second-order valence-electron chi connectivity index (χ2n) is 4.51. The summed E-state index contributed by atoms with van der Waals surface area (Å²) in [6.45, 7) is 0. The van der Waals surface area contributed by atoms with Crippen LogP contribution in [0.15, 0.2) is 42.5 Å². The molecule has 0 aliphatic rings. The van der Waals surface area contributed by atoms with Crippen LogP contribution < -0.4 is 0 Å². The Morgan fingerprint density at radius 2 is 1.73 bits per heavy atom. The van der Waals surface area contributed by atoms with Crippen molar-refractivity contribution in [2.45, 2.75) is 0 Å². The predicted octanol–water partition coefficient (Wildman–Crippen LogP) is 2.54. The Labute approximate surface area is 123 Å². The van der Waals surface area contributed by atoms with Gasteiger partial charge in [0.05, 0.1) is 11.1 Å². The summed E-state index contributed by atoms with van der Waals surface area (Å²) >= 11 is 0. The van der Waals surface area contributed by atoms with Crippen molar-refractivity contribution in [3.05, 3.63) is 59.7 Å². The van der Waals surface area contributed by atoms with Crippen molar-refractivity contribution in [1.82, 2.24) is 9.38 Å². The monoisotopic (exact) mass is 300 g/mol. The van der Waals surface area contributed by atoms with Crippen LogP contribution in [-0.2, 0) is 0 Å². The lowest BCUT2D eigenvalue weighted by Crippen LogP contribution is -2.06. The van der Waals surface area contributed by atoms with Gasteiger partial charge in [0.25, 0.3) is 0 Å². The average molecular weight is 300 g/mol. The van der Waals surface area contributed by atoms with Crippen molar-refractivity contribution < 1.29 is 24.2 Å². The van der Waals surface area contributed by atoms with Gasteiger partial charge in [0.2, 0.25) is 0 Å². The van der Waals surface area contributed by atoms with E-state index >= 15 is 0 Å². The number of carboxylic acid groups (broad SMARTS) is 2. The molecule has 1 aromatic carbocycles. The van der Waals surface area contributed by atoms with E-state index in [2.05, 4.69) is 4.98 Å². The lowest BCUT2D eigenvalue weighted by Gasteiger charge is -2.06. The Kier molecular flexibility index (Phi) is 3.10. The number of fused-ring (bicyclic) bond motifs is 1. The third-order valence-corrected chi connectivity index (χ3v) is 3.20. The zero-order valence-corrected chi connectivity index (χ0v) is 11.0. The number of carbonyl (C=O) groups is 2. The van der Waals surface area contributed by atoms with Gasteiger partial charge in [-0.15, -0.1) is 0 Å².